The van der Waals surface area contributed by atoms with Crippen molar-refractivity contribution in [2.75, 3.05) is 13.6 Å². The van der Waals surface area contributed by atoms with Crippen LogP contribution in [0.25, 0.3) is 0 Å². The first-order valence-electron chi connectivity index (χ1n) is 7.17. The van der Waals surface area contributed by atoms with Crippen LogP contribution in [-0.2, 0) is 11.3 Å². The number of likely N-dealkylation sites (N-methyl/N-ethyl adjacent to an activating group) is 1. The number of carbonyl (C=O) groups is 1. The van der Waals surface area contributed by atoms with Gasteiger partial charge in [0.05, 0.1) is 5.02 Å². The van der Waals surface area contributed by atoms with Gasteiger partial charge in [-0.15, -0.1) is 0 Å². The van der Waals surface area contributed by atoms with Crippen LogP contribution < -0.4 is 10.1 Å². The summed E-state index contributed by atoms with van der Waals surface area (Å²) < 4.78 is 5.91. The molecule has 1 amide bonds. The Morgan fingerprint density at radius 2 is 2.10 bits per heavy atom. The van der Waals surface area contributed by atoms with Crippen molar-refractivity contribution in [3.63, 3.8) is 0 Å². The minimum absolute atomic E-state index is 0.00196. The van der Waals surface area contributed by atoms with E-state index in [-0.39, 0.29) is 5.91 Å². The summed E-state index contributed by atoms with van der Waals surface area (Å²) in [6, 6.07) is 4.08. The normalized spacial score (nSPS) is 22.0. The molecule has 1 aromatic rings. The van der Waals surface area contributed by atoms with E-state index in [2.05, 4.69) is 5.32 Å². The number of ether oxygens (including phenoxy) is 1. The van der Waals surface area contributed by atoms with Crippen LogP contribution in [0.1, 0.15) is 24.8 Å². The minimum atomic E-state index is -0.451. The van der Waals surface area contributed by atoms with Crippen molar-refractivity contribution < 1.29 is 9.53 Å². The average Bonchev–Trinajstić information content (AvgIpc) is 3.21. The van der Waals surface area contributed by atoms with Gasteiger partial charge in [0.2, 0.25) is 0 Å². The van der Waals surface area contributed by atoms with Crippen LogP contribution in [-0.4, -0.2) is 36.5 Å². The Morgan fingerprint density at radius 1 is 1.33 bits per heavy atom. The predicted molar refractivity (Wildman–Crippen MR) is 83.0 cm³/mol. The maximum Gasteiger partial charge on any atom is 0.263 e. The van der Waals surface area contributed by atoms with Crippen molar-refractivity contribution >= 4 is 29.1 Å². The molecule has 6 heteroatoms. The van der Waals surface area contributed by atoms with Gasteiger partial charge in [-0.3, -0.25) is 4.79 Å². The number of benzene rings is 1. The lowest BCUT2D eigenvalue weighted by Gasteiger charge is -2.18. The highest BCUT2D eigenvalue weighted by molar-refractivity contribution is 6.35. The summed E-state index contributed by atoms with van der Waals surface area (Å²) in [5.74, 6) is 0.574. The van der Waals surface area contributed by atoms with E-state index < -0.39 is 6.10 Å². The Balaban J connectivity index is 1.79. The molecule has 3 rings (SSSR count). The largest absolute Gasteiger partial charge is 0.479 e. The third-order valence-corrected chi connectivity index (χ3v) is 4.38. The molecule has 0 radical (unpaired) electrons. The van der Waals surface area contributed by atoms with Gasteiger partial charge in [-0.2, -0.15) is 0 Å². The number of hydrogen-bond acceptors (Lipinski definition) is 3. The molecule has 1 aliphatic heterocycles. The topological polar surface area (TPSA) is 41.6 Å². The number of hydrogen-bond donors (Lipinski definition) is 1. The lowest BCUT2D eigenvalue weighted by Crippen LogP contribution is -2.30. The standard InChI is InChI=1S/C15H18Cl2N2O2/c1-19-5-4-13(15(19)20)21-14-9(8-18-11-2-3-11)6-10(16)7-12(14)17/h6-7,11,13,18H,2-5,8H2,1H3. The highest BCUT2D eigenvalue weighted by atomic mass is 35.5. The van der Waals surface area contributed by atoms with Crippen molar-refractivity contribution in [2.24, 2.45) is 0 Å². The summed E-state index contributed by atoms with van der Waals surface area (Å²) in [5.41, 5.74) is 0.904. The van der Waals surface area contributed by atoms with Gasteiger partial charge < -0.3 is 15.0 Å². The fourth-order valence-electron chi connectivity index (χ4n) is 2.46. The van der Waals surface area contributed by atoms with Crippen molar-refractivity contribution in [1.82, 2.24) is 10.2 Å². The number of nitrogens with zero attached hydrogens (tertiary/aromatic N) is 1. The van der Waals surface area contributed by atoms with Crippen LogP contribution in [0.5, 0.6) is 5.75 Å². The number of carbonyl (C=O) groups excluding carboxylic acids is 1. The number of likely N-dealkylation sites (tertiary alicyclic amines) is 1. The molecule has 0 bridgehead atoms. The molecule has 0 spiro atoms. The van der Waals surface area contributed by atoms with Gasteiger partial charge in [-0.1, -0.05) is 23.2 Å². The lowest BCUT2D eigenvalue weighted by atomic mass is 10.2. The molecule has 1 heterocycles. The molecule has 1 aliphatic carbocycles. The van der Waals surface area contributed by atoms with E-state index in [1.54, 1.807) is 18.0 Å². The van der Waals surface area contributed by atoms with Crippen molar-refractivity contribution in [2.45, 2.75) is 38.0 Å². The third-order valence-electron chi connectivity index (χ3n) is 3.88. The van der Waals surface area contributed by atoms with Crippen LogP contribution in [0.3, 0.4) is 0 Å². The molecule has 1 saturated carbocycles. The Bertz CT molecular complexity index is 561. The van der Waals surface area contributed by atoms with Crippen LogP contribution >= 0.6 is 23.2 Å². The van der Waals surface area contributed by atoms with Crippen LogP contribution in [0.2, 0.25) is 10.0 Å². The first-order valence-corrected chi connectivity index (χ1v) is 7.93. The van der Waals surface area contributed by atoms with Crippen LogP contribution in [0.4, 0.5) is 0 Å². The molecule has 21 heavy (non-hydrogen) atoms. The second-order valence-corrected chi connectivity index (χ2v) is 6.53. The van der Waals surface area contributed by atoms with Crippen molar-refractivity contribution in [1.29, 1.82) is 0 Å². The van der Waals surface area contributed by atoms with E-state index in [4.69, 9.17) is 27.9 Å². The van der Waals surface area contributed by atoms with E-state index in [1.165, 1.54) is 12.8 Å². The number of amides is 1. The Hall–Kier alpha value is -0.970. The Morgan fingerprint density at radius 3 is 2.71 bits per heavy atom. The van der Waals surface area contributed by atoms with Crippen LogP contribution in [0, 0.1) is 0 Å². The molecule has 1 atom stereocenters. The zero-order chi connectivity index (χ0) is 15.0. The van der Waals surface area contributed by atoms with E-state index in [0.717, 1.165) is 5.56 Å². The summed E-state index contributed by atoms with van der Waals surface area (Å²) in [7, 11) is 1.78. The van der Waals surface area contributed by atoms with Gasteiger partial charge >= 0.3 is 0 Å². The van der Waals surface area contributed by atoms with Crippen molar-refractivity contribution in [3.05, 3.63) is 27.7 Å². The SMILES string of the molecule is CN1CCC(Oc2c(Cl)cc(Cl)cc2CNC2CC2)C1=O. The average molecular weight is 329 g/mol. The number of rotatable bonds is 5. The number of nitrogens with one attached hydrogen (secondary N) is 1. The molecular weight excluding hydrogens is 311 g/mol. The molecule has 0 aromatic heterocycles. The fraction of sp³-hybridized carbons (Fsp3) is 0.533. The molecular formula is C15H18Cl2N2O2. The van der Waals surface area contributed by atoms with Gasteiger partial charge in [-0.05, 0) is 25.0 Å². The summed E-state index contributed by atoms with van der Waals surface area (Å²) in [4.78, 5) is 13.7. The minimum Gasteiger partial charge on any atom is -0.479 e. The van der Waals surface area contributed by atoms with Gasteiger partial charge in [-0.25, -0.2) is 0 Å². The molecule has 1 N–H and O–H groups in total. The highest BCUT2D eigenvalue weighted by Crippen LogP contribution is 2.35. The maximum absolute atomic E-state index is 12.0. The third kappa shape index (κ3) is 3.44. The first-order chi connectivity index (χ1) is 10.0. The van der Waals surface area contributed by atoms with Gasteiger partial charge in [0, 0.05) is 43.2 Å². The van der Waals surface area contributed by atoms with E-state index >= 15 is 0 Å². The second kappa shape index (κ2) is 6.03. The van der Waals surface area contributed by atoms with Crippen LogP contribution in [0.15, 0.2) is 12.1 Å². The Labute approximate surface area is 134 Å². The lowest BCUT2D eigenvalue weighted by molar-refractivity contribution is -0.132. The molecule has 2 aliphatic rings. The van der Waals surface area contributed by atoms with Gasteiger partial charge in [0.25, 0.3) is 5.91 Å². The zero-order valence-electron chi connectivity index (χ0n) is 11.9. The Kier molecular flexibility index (Phi) is 4.29. The highest BCUT2D eigenvalue weighted by Gasteiger charge is 2.32. The molecule has 1 unspecified atom stereocenters. The molecule has 114 valence electrons. The smallest absolute Gasteiger partial charge is 0.263 e. The maximum atomic E-state index is 12.0. The monoisotopic (exact) mass is 328 g/mol. The summed E-state index contributed by atoms with van der Waals surface area (Å²) in [6.07, 6.45) is 2.64. The van der Waals surface area contributed by atoms with Gasteiger partial charge in [0.15, 0.2) is 6.10 Å². The number of halogens is 2. The van der Waals surface area contributed by atoms with E-state index in [9.17, 15) is 4.79 Å². The predicted octanol–water partition coefficient (Wildman–Crippen LogP) is 2.85. The fourth-order valence-corrected chi connectivity index (χ4v) is 3.04. The van der Waals surface area contributed by atoms with E-state index in [1.807, 2.05) is 6.07 Å². The molecule has 1 aromatic carbocycles. The van der Waals surface area contributed by atoms with Crippen molar-refractivity contribution in [3.8, 4) is 5.75 Å². The molecule has 1 saturated heterocycles. The molecule has 2 fully saturated rings. The summed E-state index contributed by atoms with van der Waals surface area (Å²) in [5, 5.41) is 4.45. The summed E-state index contributed by atoms with van der Waals surface area (Å²) >= 11 is 12.3. The second-order valence-electron chi connectivity index (χ2n) is 5.69. The van der Waals surface area contributed by atoms with Gasteiger partial charge in [0.1, 0.15) is 5.75 Å². The molecule has 4 nitrogen and oxygen atoms in total. The zero-order valence-corrected chi connectivity index (χ0v) is 13.4. The first kappa shape index (κ1) is 14.9. The quantitative estimate of drug-likeness (QED) is 0.903. The summed E-state index contributed by atoms with van der Waals surface area (Å²) in [6.45, 7) is 1.36. The van der Waals surface area contributed by atoms with E-state index in [0.29, 0.717) is 41.3 Å².